The summed E-state index contributed by atoms with van der Waals surface area (Å²) in [7, 11) is 0. The topological polar surface area (TPSA) is 128 Å². The van der Waals surface area contributed by atoms with Crippen LogP contribution in [0.5, 0.6) is 0 Å². The largest absolute Gasteiger partial charge is 0.480 e. The number of benzene rings is 1. The van der Waals surface area contributed by atoms with Crippen LogP contribution in [-0.2, 0) is 14.3 Å². The lowest BCUT2D eigenvalue weighted by Gasteiger charge is -2.42. The fourth-order valence-corrected chi connectivity index (χ4v) is 6.36. The Hall–Kier alpha value is -3.55. The third-order valence-corrected chi connectivity index (χ3v) is 8.61. The van der Waals surface area contributed by atoms with Gasteiger partial charge in [0.15, 0.2) is 10.8 Å². The zero-order valence-electron chi connectivity index (χ0n) is 22.7. The van der Waals surface area contributed by atoms with E-state index >= 15 is 0 Å². The van der Waals surface area contributed by atoms with Gasteiger partial charge in [-0.2, -0.15) is 0 Å². The molecule has 4 heterocycles. The first-order valence-corrected chi connectivity index (χ1v) is 14.5. The van der Waals surface area contributed by atoms with Crippen molar-refractivity contribution in [2.24, 2.45) is 4.99 Å². The average Bonchev–Trinajstić information content (AvgIpc) is 3.58. The number of aliphatic carboxylic acids is 1. The lowest BCUT2D eigenvalue weighted by atomic mass is 9.94. The van der Waals surface area contributed by atoms with Gasteiger partial charge in [0, 0.05) is 55.1 Å². The van der Waals surface area contributed by atoms with Gasteiger partial charge in [-0.25, -0.2) is 19.0 Å². The summed E-state index contributed by atoms with van der Waals surface area (Å²) in [5, 5.41) is 15.6. The van der Waals surface area contributed by atoms with E-state index in [2.05, 4.69) is 10.3 Å². The number of thiazole rings is 1. The predicted molar refractivity (Wildman–Crippen MR) is 150 cm³/mol. The number of amides is 2. The number of fused-ring (bicyclic) bond motifs is 1. The van der Waals surface area contributed by atoms with Crippen LogP contribution in [0.2, 0.25) is 5.02 Å². The molecule has 3 aliphatic heterocycles. The molecule has 2 saturated heterocycles. The molecule has 218 valence electrons. The number of carbonyl (C=O) groups is 3. The van der Waals surface area contributed by atoms with Crippen LogP contribution in [0.3, 0.4) is 0 Å². The van der Waals surface area contributed by atoms with E-state index in [0.717, 1.165) is 0 Å². The van der Waals surface area contributed by atoms with Crippen molar-refractivity contribution in [2.75, 3.05) is 32.8 Å². The second-order valence-electron chi connectivity index (χ2n) is 10.1. The van der Waals surface area contributed by atoms with Gasteiger partial charge in [-0.3, -0.25) is 14.7 Å². The van der Waals surface area contributed by atoms with Gasteiger partial charge in [0.05, 0.1) is 23.2 Å². The van der Waals surface area contributed by atoms with Gasteiger partial charge in [0.2, 0.25) is 0 Å². The van der Waals surface area contributed by atoms with Crippen LogP contribution >= 0.6 is 22.9 Å². The van der Waals surface area contributed by atoms with Crippen LogP contribution in [0.25, 0.3) is 0 Å². The molecule has 2 N–H and O–H groups in total. The molecule has 11 nitrogen and oxygen atoms in total. The third-order valence-electron chi connectivity index (χ3n) is 7.43. The number of aromatic nitrogens is 1. The lowest BCUT2D eigenvalue weighted by Crippen LogP contribution is -2.62. The van der Waals surface area contributed by atoms with Crippen LogP contribution in [-0.4, -0.2) is 99.5 Å². The molecule has 0 radical (unpaired) electrons. The highest BCUT2D eigenvalue weighted by atomic mass is 35.5. The van der Waals surface area contributed by atoms with Crippen LogP contribution in [0.1, 0.15) is 37.4 Å². The number of esters is 1. The van der Waals surface area contributed by atoms with E-state index in [9.17, 15) is 23.9 Å². The first-order valence-electron chi connectivity index (χ1n) is 13.2. The molecule has 2 aromatic rings. The molecule has 0 aliphatic carbocycles. The highest BCUT2D eigenvalue weighted by Gasteiger charge is 2.50. The maximum Gasteiger partial charge on any atom is 0.338 e. The van der Waals surface area contributed by atoms with Gasteiger partial charge in [-0.05, 0) is 26.8 Å². The summed E-state index contributed by atoms with van der Waals surface area (Å²) in [5.74, 6) is -2.09. The number of carboxylic acids is 1. The number of nitrogens with one attached hydrogen (secondary N) is 1. The van der Waals surface area contributed by atoms with Crippen molar-refractivity contribution in [3.8, 4) is 0 Å². The summed E-state index contributed by atoms with van der Waals surface area (Å²) < 4.78 is 20.0. The van der Waals surface area contributed by atoms with E-state index in [1.165, 1.54) is 23.5 Å². The van der Waals surface area contributed by atoms with Gasteiger partial charge in [-0.1, -0.05) is 23.7 Å². The molecule has 0 bridgehead atoms. The number of nitrogens with zero attached hydrogens (tertiary/aromatic N) is 5. The van der Waals surface area contributed by atoms with E-state index in [-0.39, 0.29) is 54.5 Å². The van der Waals surface area contributed by atoms with Crippen molar-refractivity contribution in [3.05, 3.63) is 62.5 Å². The van der Waals surface area contributed by atoms with Crippen LogP contribution in [0.15, 0.2) is 46.0 Å². The Balaban J connectivity index is 1.59. The number of hydrogen-bond donors (Lipinski definition) is 2. The van der Waals surface area contributed by atoms with Crippen molar-refractivity contribution in [1.29, 1.82) is 0 Å². The van der Waals surface area contributed by atoms with Gasteiger partial charge < -0.3 is 25.0 Å². The van der Waals surface area contributed by atoms with E-state index < -0.39 is 35.9 Å². The zero-order chi connectivity index (χ0) is 29.4. The summed E-state index contributed by atoms with van der Waals surface area (Å²) in [6.45, 7) is 6.38. The van der Waals surface area contributed by atoms with Crippen LogP contribution < -0.4 is 5.32 Å². The van der Waals surface area contributed by atoms with Crippen molar-refractivity contribution < 1.29 is 28.6 Å². The first-order chi connectivity index (χ1) is 19.6. The van der Waals surface area contributed by atoms with Gasteiger partial charge in [0.25, 0.3) is 0 Å². The van der Waals surface area contributed by atoms with Crippen molar-refractivity contribution in [2.45, 2.75) is 44.9 Å². The SMILES string of the molecule is CCOC(=O)C1=C(CN2CCN3C(=O)N(C(C)C)C[C@@H]3[C@H]2C(=O)O)NC(c2nccs2)=N[C@H]1c1cccc(F)c1Cl. The number of rotatable bonds is 8. The summed E-state index contributed by atoms with van der Waals surface area (Å²) in [6, 6.07) is 1.37. The second kappa shape index (κ2) is 11.7. The minimum absolute atomic E-state index is 0.000840. The van der Waals surface area contributed by atoms with Crippen molar-refractivity contribution in [3.63, 3.8) is 0 Å². The highest BCUT2D eigenvalue weighted by Crippen LogP contribution is 2.38. The summed E-state index contributed by atoms with van der Waals surface area (Å²) in [4.78, 5) is 53.2. The lowest BCUT2D eigenvalue weighted by molar-refractivity contribution is -0.147. The average molecular weight is 605 g/mol. The van der Waals surface area contributed by atoms with E-state index in [0.29, 0.717) is 23.1 Å². The number of carbonyl (C=O) groups excluding carboxylic acids is 2. The molecule has 14 heteroatoms. The Morgan fingerprint density at radius 3 is 2.76 bits per heavy atom. The highest BCUT2D eigenvalue weighted by molar-refractivity contribution is 7.11. The minimum atomic E-state index is -1.08. The molecule has 1 aromatic heterocycles. The fraction of sp³-hybridized carbons (Fsp3) is 0.444. The van der Waals surface area contributed by atoms with E-state index in [1.54, 1.807) is 39.3 Å². The van der Waals surface area contributed by atoms with Crippen LogP contribution in [0, 0.1) is 5.82 Å². The van der Waals surface area contributed by atoms with Gasteiger partial charge in [-0.15, -0.1) is 11.3 Å². The Bertz CT molecular complexity index is 1420. The number of amidine groups is 1. The number of ether oxygens (including phenoxy) is 1. The second-order valence-corrected chi connectivity index (χ2v) is 11.4. The molecule has 0 spiro atoms. The van der Waals surface area contributed by atoms with Crippen molar-refractivity contribution in [1.82, 2.24) is 25.0 Å². The number of halogens is 2. The fourth-order valence-electron chi connectivity index (χ4n) is 5.54. The molecule has 0 unspecified atom stereocenters. The van der Waals surface area contributed by atoms with Gasteiger partial charge in [0.1, 0.15) is 17.9 Å². The monoisotopic (exact) mass is 604 g/mol. The Morgan fingerprint density at radius 1 is 1.32 bits per heavy atom. The molecule has 41 heavy (non-hydrogen) atoms. The standard InChI is InChI=1S/C27H30ClFN6O5S/c1-4-40-26(38)19-17(12-33-9-10-34-18(22(33)25(36)37)13-35(14(2)3)27(34)39)31-23(24-30-8-11-41-24)32-21(19)15-6-5-7-16(29)20(15)28/h5-8,11,14,18,21-22H,4,9-10,12-13H2,1-3H3,(H,31,32)(H,36,37)/t18-,21+,22+/m1/s1. The molecular weight excluding hydrogens is 575 g/mol. The van der Waals surface area contributed by atoms with E-state index in [1.807, 2.05) is 13.8 Å². The normalized spacial score (nSPS) is 23.0. The molecule has 2 amide bonds. The zero-order valence-corrected chi connectivity index (χ0v) is 24.3. The number of aliphatic imine (C=N–C) groups is 1. The van der Waals surface area contributed by atoms with E-state index in [4.69, 9.17) is 21.3 Å². The van der Waals surface area contributed by atoms with Crippen LogP contribution in [0.4, 0.5) is 9.18 Å². The number of piperazine rings is 1. The number of carboxylic acid groups (broad SMARTS) is 1. The molecule has 0 saturated carbocycles. The Labute approximate surface area is 245 Å². The van der Waals surface area contributed by atoms with Gasteiger partial charge >= 0.3 is 18.0 Å². The molecule has 2 fully saturated rings. The number of urea groups is 1. The maximum absolute atomic E-state index is 14.6. The molecule has 3 aliphatic rings. The molecule has 5 rings (SSSR count). The third kappa shape index (κ3) is 5.41. The Morgan fingerprint density at radius 2 is 2.10 bits per heavy atom. The number of hydrogen-bond acceptors (Lipinski definition) is 9. The molecular formula is C27H30ClFN6O5S. The van der Waals surface area contributed by atoms with Crippen molar-refractivity contribution >= 4 is 46.7 Å². The molecule has 1 aromatic carbocycles. The minimum Gasteiger partial charge on any atom is -0.480 e. The molecule has 3 atom stereocenters. The summed E-state index contributed by atoms with van der Waals surface area (Å²) >= 11 is 7.70. The summed E-state index contributed by atoms with van der Waals surface area (Å²) in [5.41, 5.74) is 0.701. The predicted octanol–water partition coefficient (Wildman–Crippen LogP) is 3.13. The smallest absolute Gasteiger partial charge is 0.338 e. The Kier molecular flexibility index (Phi) is 8.30. The first kappa shape index (κ1) is 29.0. The summed E-state index contributed by atoms with van der Waals surface area (Å²) in [6.07, 6.45) is 1.61. The maximum atomic E-state index is 14.6. The quantitative estimate of drug-likeness (QED) is 0.440.